The average Bonchev–Trinajstić information content (AvgIpc) is 2.56. The highest BCUT2D eigenvalue weighted by Gasteiger charge is 2.47. The lowest BCUT2D eigenvalue weighted by atomic mass is 10.0. The fraction of sp³-hybridized carbons (Fsp3) is 0.235. The zero-order chi connectivity index (χ0) is 16.4. The number of fused-ring (bicyclic) bond motifs is 1. The highest BCUT2D eigenvalue weighted by atomic mass is 16.5. The Kier molecular flexibility index (Phi) is 3.73. The van der Waals surface area contributed by atoms with Crippen LogP contribution in [-0.2, 0) is 16.0 Å². The lowest BCUT2D eigenvalue weighted by molar-refractivity contribution is -0.143. The first-order valence-electron chi connectivity index (χ1n) is 7.39. The molecule has 1 aliphatic heterocycles. The third-order valence-electron chi connectivity index (χ3n) is 3.80. The van der Waals surface area contributed by atoms with Gasteiger partial charge in [0.05, 0.1) is 0 Å². The molecular weight excluding hydrogens is 294 g/mol. The minimum atomic E-state index is -1.65. The van der Waals surface area contributed by atoms with Crippen LogP contribution in [0, 0.1) is 0 Å². The Morgan fingerprint density at radius 3 is 2.74 bits per heavy atom. The summed E-state index contributed by atoms with van der Waals surface area (Å²) < 4.78 is 5.62. The molecular formula is C17H17N3O3. The van der Waals surface area contributed by atoms with Crippen LogP contribution in [0.1, 0.15) is 19.4 Å². The van der Waals surface area contributed by atoms with E-state index in [1.54, 1.807) is 30.5 Å². The highest BCUT2D eigenvalue weighted by Crippen LogP contribution is 2.32. The minimum Gasteiger partial charge on any atom is -0.464 e. The number of ether oxygens (including phenoxy) is 1. The summed E-state index contributed by atoms with van der Waals surface area (Å²) in [6.45, 7) is 3.49. The highest BCUT2D eigenvalue weighted by molar-refractivity contribution is 6.18. The smallest absolute Gasteiger partial charge is 0.279 e. The van der Waals surface area contributed by atoms with Gasteiger partial charge in [0.1, 0.15) is 0 Å². The van der Waals surface area contributed by atoms with E-state index in [1.807, 2.05) is 12.1 Å². The van der Waals surface area contributed by atoms with E-state index in [0.29, 0.717) is 17.3 Å². The SMILES string of the molecule is CCc1ccc(NC(=O)[C@@]2(C)Oc3cccnc3NC2=O)cc1. The molecule has 0 spiro atoms. The molecule has 0 saturated carbocycles. The van der Waals surface area contributed by atoms with Crippen molar-refractivity contribution in [1.29, 1.82) is 0 Å². The Morgan fingerprint density at radius 1 is 1.30 bits per heavy atom. The van der Waals surface area contributed by atoms with E-state index in [0.717, 1.165) is 6.42 Å². The number of hydrogen-bond donors (Lipinski definition) is 2. The van der Waals surface area contributed by atoms with Gasteiger partial charge in [0, 0.05) is 11.9 Å². The van der Waals surface area contributed by atoms with Crippen LogP contribution >= 0.6 is 0 Å². The quantitative estimate of drug-likeness (QED) is 0.853. The topological polar surface area (TPSA) is 80.3 Å². The normalized spacial score (nSPS) is 19.3. The number of carbonyl (C=O) groups is 2. The Hall–Kier alpha value is -2.89. The van der Waals surface area contributed by atoms with Gasteiger partial charge in [-0.15, -0.1) is 0 Å². The minimum absolute atomic E-state index is 0.315. The van der Waals surface area contributed by atoms with Gasteiger partial charge in [-0.25, -0.2) is 4.98 Å². The molecule has 1 aliphatic rings. The Bertz CT molecular complexity index is 758. The summed E-state index contributed by atoms with van der Waals surface area (Å²) >= 11 is 0. The van der Waals surface area contributed by atoms with Crippen molar-refractivity contribution in [2.45, 2.75) is 25.9 Å². The van der Waals surface area contributed by atoms with Crippen molar-refractivity contribution in [2.75, 3.05) is 10.6 Å². The largest absolute Gasteiger partial charge is 0.464 e. The molecule has 23 heavy (non-hydrogen) atoms. The van der Waals surface area contributed by atoms with Gasteiger partial charge in [-0.05, 0) is 43.2 Å². The zero-order valence-corrected chi connectivity index (χ0v) is 12.9. The first-order chi connectivity index (χ1) is 11.0. The fourth-order valence-electron chi connectivity index (χ4n) is 2.28. The number of nitrogens with zero attached hydrogens (tertiary/aromatic N) is 1. The number of benzene rings is 1. The van der Waals surface area contributed by atoms with Crippen molar-refractivity contribution in [1.82, 2.24) is 4.98 Å². The second-order valence-corrected chi connectivity index (χ2v) is 5.44. The van der Waals surface area contributed by atoms with Crippen LogP contribution in [0.3, 0.4) is 0 Å². The molecule has 0 saturated heterocycles. The van der Waals surface area contributed by atoms with Gasteiger partial charge >= 0.3 is 0 Å². The molecule has 2 heterocycles. The molecule has 0 aliphatic carbocycles. The van der Waals surface area contributed by atoms with E-state index in [2.05, 4.69) is 22.5 Å². The van der Waals surface area contributed by atoms with Crippen LogP contribution in [-0.4, -0.2) is 22.4 Å². The summed E-state index contributed by atoms with van der Waals surface area (Å²) in [7, 11) is 0. The lowest BCUT2D eigenvalue weighted by Gasteiger charge is -2.32. The van der Waals surface area contributed by atoms with Crippen LogP contribution in [0.15, 0.2) is 42.6 Å². The Morgan fingerprint density at radius 2 is 2.04 bits per heavy atom. The number of hydrogen-bond acceptors (Lipinski definition) is 4. The summed E-state index contributed by atoms with van der Waals surface area (Å²) in [5, 5.41) is 5.32. The number of aryl methyl sites for hydroxylation is 1. The van der Waals surface area contributed by atoms with Gasteiger partial charge in [-0.2, -0.15) is 0 Å². The molecule has 0 radical (unpaired) electrons. The lowest BCUT2D eigenvalue weighted by Crippen LogP contribution is -2.56. The first kappa shape index (κ1) is 15.0. The van der Waals surface area contributed by atoms with Crippen LogP contribution in [0.4, 0.5) is 11.5 Å². The van der Waals surface area contributed by atoms with E-state index in [1.165, 1.54) is 12.5 Å². The van der Waals surface area contributed by atoms with Gasteiger partial charge in [-0.3, -0.25) is 9.59 Å². The average molecular weight is 311 g/mol. The predicted octanol–water partition coefficient (Wildman–Crippen LogP) is 2.37. The molecule has 2 amide bonds. The number of aromatic nitrogens is 1. The van der Waals surface area contributed by atoms with Gasteiger partial charge in [0.25, 0.3) is 17.4 Å². The maximum atomic E-state index is 12.5. The molecule has 118 valence electrons. The molecule has 0 unspecified atom stereocenters. The second kappa shape index (κ2) is 5.72. The molecule has 2 N–H and O–H groups in total. The van der Waals surface area contributed by atoms with E-state index in [4.69, 9.17) is 4.74 Å². The number of anilines is 2. The van der Waals surface area contributed by atoms with Crippen LogP contribution in [0.25, 0.3) is 0 Å². The van der Waals surface area contributed by atoms with E-state index >= 15 is 0 Å². The Balaban J connectivity index is 1.81. The van der Waals surface area contributed by atoms with Crippen molar-refractivity contribution in [2.24, 2.45) is 0 Å². The summed E-state index contributed by atoms with van der Waals surface area (Å²) in [6, 6.07) is 10.8. The summed E-state index contributed by atoms with van der Waals surface area (Å²) in [5.74, 6) is -0.402. The third kappa shape index (κ3) is 2.75. The van der Waals surface area contributed by atoms with Crippen molar-refractivity contribution in [3.63, 3.8) is 0 Å². The molecule has 1 atom stereocenters. The van der Waals surface area contributed by atoms with Crippen molar-refractivity contribution in [3.05, 3.63) is 48.2 Å². The summed E-state index contributed by atoms with van der Waals surface area (Å²) in [4.78, 5) is 28.8. The zero-order valence-electron chi connectivity index (χ0n) is 12.9. The van der Waals surface area contributed by atoms with Gasteiger partial charge in [-0.1, -0.05) is 19.1 Å². The summed E-state index contributed by atoms with van der Waals surface area (Å²) in [5.41, 5.74) is 0.127. The molecule has 2 aromatic rings. The molecule has 0 bridgehead atoms. The first-order valence-corrected chi connectivity index (χ1v) is 7.39. The van der Waals surface area contributed by atoms with Crippen LogP contribution in [0.5, 0.6) is 5.75 Å². The Labute approximate surface area is 133 Å². The number of amides is 2. The fourth-order valence-corrected chi connectivity index (χ4v) is 2.28. The van der Waals surface area contributed by atoms with Gasteiger partial charge in [0.15, 0.2) is 11.6 Å². The van der Waals surface area contributed by atoms with Gasteiger partial charge in [0.2, 0.25) is 0 Å². The van der Waals surface area contributed by atoms with E-state index in [9.17, 15) is 9.59 Å². The maximum absolute atomic E-state index is 12.5. The number of nitrogens with one attached hydrogen (secondary N) is 2. The third-order valence-corrected chi connectivity index (χ3v) is 3.80. The van der Waals surface area contributed by atoms with E-state index < -0.39 is 17.4 Å². The molecule has 6 nitrogen and oxygen atoms in total. The molecule has 3 rings (SSSR count). The molecule has 6 heteroatoms. The van der Waals surface area contributed by atoms with Crippen LogP contribution in [0.2, 0.25) is 0 Å². The summed E-state index contributed by atoms with van der Waals surface area (Å²) in [6.07, 6.45) is 2.46. The van der Waals surface area contributed by atoms with Crippen molar-refractivity contribution < 1.29 is 14.3 Å². The number of rotatable bonds is 3. The monoisotopic (exact) mass is 311 g/mol. The predicted molar refractivity (Wildman–Crippen MR) is 86.3 cm³/mol. The standard InChI is InChI=1S/C17H17N3O3/c1-3-11-6-8-12(9-7-11)19-15(21)17(2)16(22)20-14-13(23-17)5-4-10-18-14/h4-10H,3H2,1-2H3,(H,19,21)(H,18,20,22)/t17-/m1/s1. The molecule has 1 aromatic carbocycles. The van der Waals surface area contributed by atoms with E-state index in [-0.39, 0.29) is 0 Å². The molecule has 1 aromatic heterocycles. The van der Waals surface area contributed by atoms with Crippen LogP contribution < -0.4 is 15.4 Å². The molecule has 0 fully saturated rings. The van der Waals surface area contributed by atoms with Gasteiger partial charge < -0.3 is 15.4 Å². The van der Waals surface area contributed by atoms with Crippen molar-refractivity contribution in [3.8, 4) is 5.75 Å². The number of carbonyl (C=O) groups excluding carboxylic acids is 2. The number of pyridine rings is 1. The van der Waals surface area contributed by atoms with Crippen molar-refractivity contribution >= 4 is 23.3 Å². The second-order valence-electron chi connectivity index (χ2n) is 5.44. The maximum Gasteiger partial charge on any atom is 0.279 e.